The van der Waals surface area contributed by atoms with Gasteiger partial charge in [0.25, 0.3) is 11.8 Å². The second-order valence-corrected chi connectivity index (χ2v) is 10.5. The van der Waals surface area contributed by atoms with E-state index in [1.54, 1.807) is 43.5 Å². The molecule has 0 atom stereocenters. The Kier molecular flexibility index (Phi) is 7.70. The van der Waals surface area contributed by atoms with Crippen molar-refractivity contribution in [2.24, 2.45) is 5.92 Å². The average Bonchev–Trinajstić information content (AvgIpc) is 3.63. The predicted molar refractivity (Wildman–Crippen MR) is 151 cm³/mol. The molecule has 0 saturated heterocycles. The molecule has 1 aliphatic carbocycles. The first kappa shape index (κ1) is 26.2. The molecule has 1 heterocycles. The van der Waals surface area contributed by atoms with Crippen LogP contribution in [0.5, 0.6) is 0 Å². The van der Waals surface area contributed by atoms with E-state index in [2.05, 4.69) is 20.6 Å². The highest BCUT2D eigenvalue weighted by molar-refractivity contribution is 6.34. The number of fused-ring (bicyclic) bond motifs is 1. The SMILES string of the molecule is COCc1nc2c(C(=O)Nc3ccc(Cl)cc3C)cc(NC(=O)c3cc(CCC4CC4)ccc3Cl)cc2[nH]1. The number of hydrogen-bond donors (Lipinski definition) is 3. The number of amides is 2. The molecule has 1 saturated carbocycles. The summed E-state index contributed by atoms with van der Waals surface area (Å²) >= 11 is 12.5. The molecule has 1 fully saturated rings. The molecule has 38 heavy (non-hydrogen) atoms. The highest BCUT2D eigenvalue weighted by Gasteiger charge is 2.22. The molecule has 3 aromatic carbocycles. The maximum atomic E-state index is 13.4. The van der Waals surface area contributed by atoms with E-state index in [1.165, 1.54) is 12.8 Å². The van der Waals surface area contributed by atoms with Crippen LogP contribution in [0.25, 0.3) is 11.0 Å². The van der Waals surface area contributed by atoms with Gasteiger partial charge in [-0.15, -0.1) is 0 Å². The van der Waals surface area contributed by atoms with Crippen LogP contribution in [-0.4, -0.2) is 28.9 Å². The van der Waals surface area contributed by atoms with Crippen LogP contribution in [0.2, 0.25) is 10.0 Å². The number of halogens is 2. The molecule has 0 bridgehead atoms. The van der Waals surface area contributed by atoms with Crippen molar-refractivity contribution in [2.45, 2.75) is 39.2 Å². The van der Waals surface area contributed by atoms with Crippen LogP contribution in [-0.2, 0) is 17.8 Å². The standard InChI is InChI=1S/C29H28Cl2N4O3/c1-16-11-19(30)8-10-24(16)34-29(37)22-13-20(14-25-27(22)35-26(33-25)15-38-2)32-28(36)21-12-18(7-9-23(21)31)6-5-17-3-4-17/h7-14,17H,3-6,15H2,1-2H3,(H,32,36)(H,33,35)(H,34,37). The number of aryl methyl sites for hydroxylation is 2. The molecule has 0 spiro atoms. The van der Waals surface area contributed by atoms with Gasteiger partial charge in [0, 0.05) is 23.5 Å². The Morgan fingerprint density at radius 2 is 1.82 bits per heavy atom. The lowest BCUT2D eigenvalue weighted by Crippen LogP contribution is -2.16. The van der Waals surface area contributed by atoms with E-state index in [0.717, 1.165) is 29.9 Å². The van der Waals surface area contributed by atoms with Crippen molar-refractivity contribution in [1.82, 2.24) is 9.97 Å². The quantitative estimate of drug-likeness (QED) is 0.206. The van der Waals surface area contributed by atoms with Crippen LogP contribution in [0.15, 0.2) is 48.5 Å². The topological polar surface area (TPSA) is 96.1 Å². The van der Waals surface area contributed by atoms with E-state index in [4.69, 9.17) is 27.9 Å². The molecule has 4 aromatic rings. The van der Waals surface area contributed by atoms with Crippen LogP contribution in [0, 0.1) is 12.8 Å². The smallest absolute Gasteiger partial charge is 0.258 e. The number of rotatable bonds is 9. The first-order chi connectivity index (χ1) is 18.3. The number of carbonyl (C=O) groups excluding carboxylic acids is 2. The fraction of sp³-hybridized carbons (Fsp3) is 0.276. The summed E-state index contributed by atoms with van der Waals surface area (Å²) in [6.45, 7) is 2.11. The first-order valence-electron chi connectivity index (χ1n) is 12.5. The molecular weight excluding hydrogens is 523 g/mol. The third-order valence-corrected chi connectivity index (χ3v) is 7.23. The van der Waals surface area contributed by atoms with E-state index < -0.39 is 0 Å². The largest absolute Gasteiger partial charge is 0.377 e. The highest BCUT2D eigenvalue weighted by Crippen LogP contribution is 2.34. The Hall–Kier alpha value is -3.39. The minimum absolute atomic E-state index is 0.247. The lowest BCUT2D eigenvalue weighted by molar-refractivity contribution is 0.101. The van der Waals surface area contributed by atoms with Crippen molar-refractivity contribution in [3.63, 3.8) is 0 Å². The molecule has 5 rings (SSSR count). The summed E-state index contributed by atoms with van der Waals surface area (Å²) in [6.07, 6.45) is 4.61. The number of methoxy groups -OCH3 is 1. The van der Waals surface area contributed by atoms with Gasteiger partial charge in [-0.3, -0.25) is 9.59 Å². The molecule has 0 unspecified atom stereocenters. The fourth-order valence-corrected chi connectivity index (χ4v) is 4.88. The minimum atomic E-state index is -0.368. The summed E-state index contributed by atoms with van der Waals surface area (Å²) in [5.41, 5.74) is 4.74. The number of benzene rings is 3. The number of aromatic nitrogens is 2. The Morgan fingerprint density at radius 3 is 2.55 bits per heavy atom. The van der Waals surface area contributed by atoms with E-state index in [9.17, 15) is 9.59 Å². The van der Waals surface area contributed by atoms with Crippen molar-refractivity contribution < 1.29 is 14.3 Å². The van der Waals surface area contributed by atoms with E-state index in [-0.39, 0.29) is 18.4 Å². The summed E-state index contributed by atoms with van der Waals surface area (Å²) < 4.78 is 5.20. The number of H-pyrrole nitrogens is 1. The van der Waals surface area contributed by atoms with Crippen molar-refractivity contribution >= 4 is 57.4 Å². The normalized spacial score (nSPS) is 13.1. The van der Waals surface area contributed by atoms with Gasteiger partial charge in [-0.1, -0.05) is 42.1 Å². The van der Waals surface area contributed by atoms with Crippen molar-refractivity contribution in [2.75, 3.05) is 17.7 Å². The van der Waals surface area contributed by atoms with Gasteiger partial charge in [0.05, 0.1) is 21.7 Å². The molecular formula is C29H28Cl2N4O3. The maximum absolute atomic E-state index is 13.4. The number of hydrogen-bond acceptors (Lipinski definition) is 4. The summed E-state index contributed by atoms with van der Waals surface area (Å²) in [5.74, 6) is 0.647. The van der Waals surface area contributed by atoms with Gasteiger partial charge >= 0.3 is 0 Å². The molecule has 0 aliphatic heterocycles. The van der Waals surface area contributed by atoms with Gasteiger partial charge < -0.3 is 20.4 Å². The van der Waals surface area contributed by atoms with Crippen LogP contribution in [0.4, 0.5) is 11.4 Å². The number of nitrogens with one attached hydrogen (secondary N) is 3. The molecule has 7 nitrogen and oxygen atoms in total. The summed E-state index contributed by atoms with van der Waals surface area (Å²) in [5, 5.41) is 6.80. The van der Waals surface area contributed by atoms with Gasteiger partial charge in [-0.25, -0.2) is 4.98 Å². The average molecular weight is 551 g/mol. The number of nitrogens with zero attached hydrogens (tertiary/aromatic N) is 1. The molecule has 196 valence electrons. The number of anilines is 2. The number of aromatic amines is 1. The van der Waals surface area contributed by atoms with Crippen LogP contribution in [0.1, 0.15) is 56.9 Å². The Morgan fingerprint density at radius 1 is 1.03 bits per heavy atom. The first-order valence-corrected chi connectivity index (χ1v) is 13.2. The van der Waals surface area contributed by atoms with Gasteiger partial charge in [-0.2, -0.15) is 0 Å². The Bertz CT molecular complexity index is 1530. The van der Waals surface area contributed by atoms with Gasteiger partial charge in [-0.05, 0) is 79.3 Å². The van der Waals surface area contributed by atoms with Gasteiger partial charge in [0.1, 0.15) is 17.9 Å². The zero-order valence-corrected chi connectivity index (χ0v) is 22.7. The molecule has 2 amide bonds. The van der Waals surface area contributed by atoms with Crippen LogP contribution in [0.3, 0.4) is 0 Å². The number of imidazole rings is 1. The third kappa shape index (κ3) is 6.01. The van der Waals surface area contributed by atoms with E-state index in [1.807, 2.05) is 19.1 Å². The van der Waals surface area contributed by atoms with E-state index in [0.29, 0.717) is 49.4 Å². The monoisotopic (exact) mass is 550 g/mol. The fourth-order valence-electron chi connectivity index (χ4n) is 4.45. The van der Waals surface area contributed by atoms with E-state index >= 15 is 0 Å². The lowest BCUT2D eigenvalue weighted by atomic mass is 10.0. The van der Waals surface area contributed by atoms with Crippen LogP contribution < -0.4 is 10.6 Å². The minimum Gasteiger partial charge on any atom is -0.377 e. The van der Waals surface area contributed by atoms with Gasteiger partial charge in [0.15, 0.2) is 0 Å². The Balaban J connectivity index is 1.45. The summed E-state index contributed by atoms with van der Waals surface area (Å²) in [7, 11) is 1.57. The molecule has 0 radical (unpaired) electrons. The van der Waals surface area contributed by atoms with Crippen molar-refractivity contribution in [3.8, 4) is 0 Å². The second kappa shape index (κ2) is 11.2. The van der Waals surface area contributed by atoms with Crippen molar-refractivity contribution in [3.05, 3.63) is 86.7 Å². The summed E-state index contributed by atoms with van der Waals surface area (Å²) in [6, 6.07) is 14.2. The van der Waals surface area contributed by atoms with Gasteiger partial charge in [0.2, 0.25) is 0 Å². The summed E-state index contributed by atoms with van der Waals surface area (Å²) in [4.78, 5) is 34.4. The van der Waals surface area contributed by atoms with Crippen LogP contribution >= 0.6 is 23.2 Å². The molecule has 9 heteroatoms. The third-order valence-electron chi connectivity index (χ3n) is 6.67. The van der Waals surface area contributed by atoms with Crippen molar-refractivity contribution in [1.29, 1.82) is 0 Å². The maximum Gasteiger partial charge on any atom is 0.258 e. The second-order valence-electron chi connectivity index (χ2n) is 9.70. The zero-order valence-electron chi connectivity index (χ0n) is 21.2. The lowest BCUT2D eigenvalue weighted by Gasteiger charge is -2.12. The highest BCUT2D eigenvalue weighted by atomic mass is 35.5. The molecule has 1 aromatic heterocycles. The number of ether oxygens (including phenoxy) is 1. The zero-order chi connectivity index (χ0) is 26.8. The predicted octanol–water partition coefficient (Wildman–Crippen LogP) is 7.17. The molecule has 3 N–H and O–H groups in total. The molecule has 1 aliphatic rings. The number of carbonyl (C=O) groups is 2. The Labute approximate surface area is 230 Å².